The van der Waals surface area contributed by atoms with Crippen molar-refractivity contribution in [2.24, 2.45) is 0 Å². The van der Waals surface area contributed by atoms with Crippen molar-refractivity contribution in [2.75, 3.05) is 40.2 Å². The molecule has 0 aromatic rings. The van der Waals surface area contributed by atoms with Gasteiger partial charge in [-0.2, -0.15) is 0 Å². The van der Waals surface area contributed by atoms with Crippen LogP contribution in [-0.4, -0.2) is 70.2 Å². The van der Waals surface area contributed by atoms with Gasteiger partial charge in [0.05, 0.1) is 40.2 Å². The van der Waals surface area contributed by atoms with Crippen LogP contribution in [0.1, 0.15) is 0 Å². The lowest BCUT2D eigenvalue weighted by molar-refractivity contribution is -0.112. The van der Waals surface area contributed by atoms with Gasteiger partial charge >= 0.3 is 0 Å². The first-order chi connectivity index (χ1) is 5.80. The maximum absolute atomic E-state index is 8.83. The van der Waals surface area contributed by atoms with E-state index in [0.29, 0.717) is 20.0 Å². The molecule has 3 N–H and O–H groups in total. The molecule has 0 aromatic heterocycles. The van der Waals surface area contributed by atoms with Crippen molar-refractivity contribution in [3.8, 4) is 0 Å². The van der Waals surface area contributed by atoms with Crippen LogP contribution in [0.15, 0.2) is 0 Å². The molecule has 0 aromatic carbocycles. The zero-order chi connectivity index (χ0) is 8.97. The maximum atomic E-state index is 8.83. The third kappa shape index (κ3) is 2.37. The normalized spacial score (nSPS) is 23.2. The first-order valence-electron chi connectivity index (χ1n) is 3.79. The van der Waals surface area contributed by atoms with E-state index >= 15 is 0 Å². The number of aliphatic hydroxyl groups is 3. The molecule has 1 fully saturated rings. The van der Waals surface area contributed by atoms with Gasteiger partial charge in [-0.25, -0.2) is 0 Å². The van der Waals surface area contributed by atoms with E-state index in [2.05, 4.69) is 0 Å². The van der Waals surface area contributed by atoms with Gasteiger partial charge in [0.2, 0.25) is 0 Å². The molecule has 0 unspecified atom stereocenters. The first-order valence-corrected chi connectivity index (χ1v) is 3.79. The van der Waals surface area contributed by atoms with E-state index in [4.69, 9.17) is 15.3 Å². The zero-order valence-electron chi connectivity index (χ0n) is 6.93. The molecule has 0 amide bonds. The average Bonchev–Trinajstić information content (AvgIpc) is 2.16. The highest BCUT2D eigenvalue weighted by atomic mass is 16.3. The molecule has 6 nitrogen and oxygen atoms in total. The summed E-state index contributed by atoms with van der Waals surface area (Å²) < 4.78 is 0. The minimum absolute atomic E-state index is 0.0625. The lowest BCUT2D eigenvalue weighted by Gasteiger charge is -2.39. The van der Waals surface area contributed by atoms with Gasteiger partial charge in [-0.15, -0.1) is 0 Å². The van der Waals surface area contributed by atoms with E-state index in [1.807, 2.05) is 0 Å². The van der Waals surface area contributed by atoms with Crippen LogP contribution in [0.3, 0.4) is 0 Å². The molecule has 6 heteroatoms. The first kappa shape index (κ1) is 9.85. The molecule has 1 rings (SSSR count). The summed E-state index contributed by atoms with van der Waals surface area (Å²) in [6, 6.07) is 0. The van der Waals surface area contributed by atoms with Crippen LogP contribution in [-0.2, 0) is 0 Å². The Morgan fingerprint density at radius 2 is 0.917 bits per heavy atom. The Morgan fingerprint density at radius 3 is 1.08 bits per heavy atom. The Morgan fingerprint density at radius 1 is 0.667 bits per heavy atom. The molecule has 0 spiro atoms. The van der Waals surface area contributed by atoms with E-state index in [9.17, 15) is 0 Å². The van der Waals surface area contributed by atoms with Gasteiger partial charge in [-0.1, -0.05) is 0 Å². The average molecular weight is 177 g/mol. The molecular weight excluding hydrogens is 162 g/mol. The second-order valence-electron chi connectivity index (χ2n) is 2.86. The number of hydrogen-bond donors (Lipinski definition) is 3. The largest absolute Gasteiger partial charge is 0.381 e. The van der Waals surface area contributed by atoms with Gasteiger partial charge in [-0.3, -0.25) is 14.7 Å². The van der Waals surface area contributed by atoms with Gasteiger partial charge in [0.25, 0.3) is 0 Å². The van der Waals surface area contributed by atoms with Gasteiger partial charge in [-0.05, 0) is 0 Å². The van der Waals surface area contributed by atoms with Crippen LogP contribution in [0, 0.1) is 0 Å². The third-order valence-electron chi connectivity index (χ3n) is 1.80. The van der Waals surface area contributed by atoms with Gasteiger partial charge < -0.3 is 15.3 Å². The molecule has 1 saturated heterocycles. The van der Waals surface area contributed by atoms with Crippen molar-refractivity contribution >= 4 is 0 Å². The summed E-state index contributed by atoms with van der Waals surface area (Å²) in [5, 5.41) is 26.5. The fourth-order valence-electron chi connectivity index (χ4n) is 1.25. The highest BCUT2D eigenvalue weighted by molar-refractivity contribution is 4.62. The second-order valence-corrected chi connectivity index (χ2v) is 2.86. The van der Waals surface area contributed by atoms with E-state index in [-0.39, 0.29) is 20.2 Å². The standard InChI is InChI=1S/C6H15N3O3/c10-4-7-1-8(5-11)3-9(2-7)6-12/h10-12H,1-6H2. The summed E-state index contributed by atoms with van der Waals surface area (Å²) in [5.41, 5.74) is 0. The van der Waals surface area contributed by atoms with Gasteiger partial charge in [0.15, 0.2) is 0 Å². The summed E-state index contributed by atoms with van der Waals surface area (Å²) in [4.78, 5) is 5.11. The minimum Gasteiger partial charge on any atom is -0.381 e. The number of hydrogen-bond acceptors (Lipinski definition) is 6. The lowest BCUT2D eigenvalue weighted by Crippen LogP contribution is -2.55. The predicted octanol–water partition coefficient (Wildman–Crippen LogP) is -2.37. The van der Waals surface area contributed by atoms with Gasteiger partial charge in [0, 0.05) is 0 Å². The molecule has 0 saturated carbocycles. The van der Waals surface area contributed by atoms with Crippen molar-refractivity contribution < 1.29 is 15.3 Å². The molecule has 1 aliphatic heterocycles. The van der Waals surface area contributed by atoms with E-state index in [0.717, 1.165) is 0 Å². The van der Waals surface area contributed by atoms with Crippen molar-refractivity contribution in [2.45, 2.75) is 0 Å². The fraction of sp³-hybridized carbons (Fsp3) is 1.00. The smallest absolute Gasteiger partial charge is 0.0976 e. The van der Waals surface area contributed by atoms with Crippen molar-refractivity contribution in [3.05, 3.63) is 0 Å². The molecule has 0 radical (unpaired) electrons. The Balaban J connectivity index is 2.41. The molecule has 0 atom stereocenters. The van der Waals surface area contributed by atoms with E-state index < -0.39 is 0 Å². The summed E-state index contributed by atoms with van der Waals surface area (Å²) in [5.74, 6) is 0. The Bertz CT molecular complexity index is 105. The van der Waals surface area contributed by atoms with Crippen molar-refractivity contribution in [1.29, 1.82) is 0 Å². The quantitative estimate of drug-likeness (QED) is 0.447. The van der Waals surface area contributed by atoms with Gasteiger partial charge in [0.1, 0.15) is 0 Å². The number of rotatable bonds is 3. The predicted molar refractivity (Wildman–Crippen MR) is 41.4 cm³/mol. The molecule has 12 heavy (non-hydrogen) atoms. The molecule has 0 aliphatic carbocycles. The zero-order valence-corrected chi connectivity index (χ0v) is 6.93. The molecule has 72 valence electrons. The minimum atomic E-state index is -0.0625. The van der Waals surface area contributed by atoms with Crippen LogP contribution in [0.5, 0.6) is 0 Å². The Kier molecular flexibility index (Phi) is 3.86. The SMILES string of the molecule is OCN1CN(CO)CN(CO)C1. The van der Waals surface area contributed by atoms with E-state index in [1.165, 1.54) is 0 Å². The highest BCUT2D eigenvalue weighted by Gasteiger charge is 2.20. The topological polar surface area (TPSA) is 70.4 Å². The van der Waals surface area contributed by atoms with Crippen LogP contribution >= 0.6 is 0 Å². The summed E-state index contributed by atoms with van der Waals surface area (Å²) >= 11 is 0. The highest BCUT2D eigenvalue weighted by Crippen LogP contribution is 2.04. The summed E-state index contributed by atoms with van der Waals surface area (Å²) in [6.07, 6.45) is 0. The molecule has 0 bridgehead atoms. The van der Waals surface area contributed by atoms with Crippen LogP contribution in [0.4, 0.5) is 0 Å². The maximum Gasteiger partial charge on any atom is 0.0976 e. The Hall–Kier alpha value is -0.240. The Labute approximate surface area is 71.2 Å². The monoisotopic (exact) mass is 177 g/mol. The summed E-state index contributed by atoms with van der Waals surface area (Å²) in [6.45, 7) is 1.41. The lowest BCUT2D eigenvalue weighted by atomic mass is 10.5. The van der Waals surface area contributed by atoms with Crippen LogP contribution < -0.4 is 0 Å². The fourth-order valence-corrected chi connectivity index (χ4v) is 1.25. The number of aliphatic hydroxyl groups excluding tert-OH is 3. The third-order valence-corrected chi connectivity index (χ3v) is 1.80. The van der Waals surface area contributed by atoms with E-state index in [1.54, 1.807) is 14.7 Å². The molecule has 1 heterocycles. The van der Waals surface area contributed by atoms with Crippen molar-refractivity contribution in [1.82, 2.24) is 14.7 Å². The molecule has 1 aliphatic rings. The van der Waals surface area contributed by atoms with Crippen molar-refractivity contribution in [3.63, 3.8) is 0 Å². The molecular formula is C6H15N3O3. The van der Waals surface area contributed by atoms with Crippen LogP contribution in [0.2, 0.25) is 0 Å². The second kappa shape index (κ2) is 4.70. The summed E-state index contributed by atoms with van der Waals surface area (Å²) in [7, 11) is 0. The number of nitrogens with zero attached hydrogens (tertiary/aromatic N) is 3. The van der Waals surface area contributed by atoms with Crippen LogP contribution in [0.25, 0.3) is 0 Å².